The Morgan fingerprint density at radius 3 is 2.92 bits per heavy atom. The highest BCUT2D eigenvalue weighted by Crippen LogP contribution is 2.33. The van der Waals surface area contributed by atoms with Crippen LogP contribution in [0.3, 0.4) is 0 Å². The van der Waals surface area contributed by atoms with Crippen LogP contribution in [0.4, 0.5) is 0 Å². The summed E-state index contributed by atoms with van der Waals surface area (Å²) < 4.78 is 13.8. The molecule has 1 heterocycles. The lowest BCUT2D eigenvalue weighted by atomic mass is 10.4. The molecule has 0 atom stereocenters. The van der Waals surface area contributed by atoms with Crippen molar-refractivity contribution in [3.8, 4) is 17.0 Å². The van der Waals surface area contributed by atoms with Crippen LogP contribution < -0.4 is 8.92 Å². The molecule has 0 saturated carbocycles. The predicted octanol–water partition coefficient (Wildman–Crippen LogP) is 1.68. The summed E-state index contributed by atoms with van der Waals surface area (Å²) in [6.45, 7) is 0. The lowest BCUT2D eigenvalue weighted by molar-refractivity contribution is 0.400. The third-order valence-corrected chi connectivity index (χ3v) is 2.24. The van der Waals surface area contributed by atoms with E-state index in [4.69, 9.17) is 14.2 Å². The van der Waals surface area contributed by atoms with Gasteiger partial charge in [-0.2, -0.15) is 9.64 Å². The Morgan fingerprint density at radius 1 is 1.67 bits per heavy atom. The van der Waals surface area contributed by atoms with Crippen molar-refractivity contribution in [2.24, 2.45) is 0 Å². The fourth-order valence-corrected chi connectivity index (χ4v) is 1.74. The molecule has 64 valence electrons. The van der Waals surface area contributed by atoms with Gasteiger partial charge in [-0.3, -0.25) is 0 Å². The molecular formula is C6H6N2O2S2. The van der Waals surface area contributed by atoms with Crippen LogP contribution in [0, 0.1) is 11.3 Å². The minimum absolute atomic E-state index is 0.326. The van der Waals surface area contributed by atoms with E-state index in [1.54, 1.807) is 6.26 Å². The Balaban J connectivity index is 2.99. The Hall–Kier alpha value is -0.930. The SMILES string of the molecule is COc1nsc(OSC)c1C#N. The lowest BCUT2D eigenvalue weighted by Crippen LogP contribution is -1.85. The monoisotopic (exact) mass is 202 g/mol. The van der Waals surface area contributed by atoms with Crippen molar-refractivity contribution in [3.05, 3.63) is 5.56 Å². The molecule has 12 heavy (non-hydrogen) atoms. The molecule has 4 nitrogen and oxygen atoms in total. The quantitative estimate of drug-likeness (QED) is 0.698. The van der Waals surface area contributed by atoms with Crippen LogP contribution >= 0.6 is 23.6 Å². The summed E-state index contributed by atoms with van der Waals surface area (Å²) in [6.07, 6.45) is 1.77. The second kappa shape index (κ2) is 4.18. The van der Waals surface area contributed by atoms with Gasteiger partial charge in [0.1, 0.15) is 6.07 Å². The van der Waals surface area contributed by atoms with E-state index < -0.39 is 0 Å². The first-order valence-corrected chi connectivity index (χ1v) is 4.90. The maximum atomic E-state index is 8.69. The molecule has 0 spiro atoms. The van der Waals surface area contributed by atoms with Crippen LogP contribution in [0.5, 0.6) is 10.9 Å². The summed E-state index contributed by atoms with van der Waals surface area (Å²) in [6, 6.07) is 1.96. The molecule has 0 N–H and O–H groups in total. The van der Waals surface area contributed by atoms with Crippen molar-refractivity contribution < 1.29 is 8.92 Å². The highest BCUT2D eigenvalue weighted by Gasteiger charge is 2.14. The smallest absolute Gasteiger partial charge is 0.247 e. The highest BCUT2D eigenvalue weighted by molar-refractivity contribution is 7.94. The molecule has 0 saturated heterocycles. The molecule has 0 bridgehead atoms. The second-order valence-corrected chi connectivity index (χ2v) is 2.95. The summed E-state index contributed by atoms with van der Waals surface area (Å²) >= 11 is 2.28. The zero-order valence-electron chi connectivity index (χ0n) is 6.53. The third kappa shape index (κ3) is 1.62. The Labute approximate surface area is 78.5 Å². The number of nitriles is 1. The fraction of sp³-hybridized carbons (Fsp3) is 0.333. The van der Waals surface area contributed by atoms with Gasteiger partial charge in [-0.15, -0.1) is 0 Å². The van der Waals surface area contributed by atoms with Crippen LogP contribution in [0.25, 0.3) is 0 Å². The molecule has 0 aliphatic rings. The van der Waals surface area contributed by atoms with Gasteiger partial charge in [-0.05, 0) is 0 Å². The largest absolute Gasteiger partial charge is 0.479 e. The molecule has 0 aliphatic carbocycles. The van der Waals surface area contributed by atoms with E-state index >= 15 is 0 Å². The van der Waals surface area contributed by atoms with E-state index in [1.165, 1.54) is 19.2 Å². The van der Waals surface area contributed by atoms with E-state index in [9.17, 15) is 0 Å². The fourth-order valence-electron chi connectivity index (χ4n) is 0.627. The zero-order chi connectivity index (χ0) is 8.97. The topological polar surface area (TPSA) is 55.1 Å². The van der Waals surface area contributed by atoms with E-state index in [0.717, 1.165) is 11.5 Å². The van der Waals surface area contributed by atoms with Crippen molar-refractivity contribution in [2.75, 3.05) is 13.4 Å². The number of hydrogen-bond acceptors (Lipinski definition) is 6. The van der Waals surface area contributed by atoms with Gasteiger partial charge < -0.3 is 8.92 Å². The number of ether oxygens (including phenoxy) is 1. The number of rotatable bonds is 3. The molecule has 0 amide bonds. The van der Waals surface area contributed by atoms with E-state index in [0.29, 0.717) is 16.5 Å². The minimum atomic E-state index is 0.326. The number of hydrogen-bond donors (Lipinski definition) is 0. The van der Waals surface area contributed by atoms with E-state index in [-0.39, 0.29) is 0 Å². The summed E-state index contributed by atoms with van der Waals surface area (Å²) in [4.78, 5) is 0. The maximum Gasteiger partial charge on any atom is 0.247 e. The van der Waals surface area contributed by atoms with Gasteiger partial charge in [-0.25, -0.2) is 0 Å². The van der Waals surface area contributed by atoms with Gasteiger partial charge in [0.25, 0.3) is 0 Å². The van der Waals surface area contributed by atoms with E-state index in [1.807, 2.05) is 6.07 Å². The molecule has 0 radical (unpaired) electrons. The van der Waals surface area contributed by atoms with Crippen molar-refractivity contribution in [1.82, 2.24) is 4.37 Å². The molecule has 0 fully saturated rings. The van der Waals surface area contributed by atoms with Crippen molar-refractivity contribution >= 4 is 23.6 Å². The van der Waals surface area contributed by atoms with Crippen LogP contribution in [0.15, 0.2) is 0 Å². The molecular weight excluding hydrogens is 196 g/mol. The number of aromatic nitrogens is 1. The average molecular weight is 202 g/mol. The van der Waals surface area contributed by atoms with Gasteiger partial charge in [0.2, 0.25) is 10.9 Å². The van der Waals surface area contributed by atoms with Gasteiger partial charge in [0, 0.05) is 17.8 Å². The van der Waals surface area contributed by atoms with Crippen LogP contribution in [0.2, 0.25) is 0 Å². The summed E-state index contributed by atoms with van der Waals surface area (Å²) in [5.74, 6) is 0.326. The van der Waals surface area contributed by atoms with Gasteiger partial charge in [0.05, 0.1) is 19.2 Å². The molecule has 0 unspecified atom stereocenters. The van der Waals surface area contributed by atoms with Gasteiger partial charge >= 0.3 is 0 Å². The lowest BCUT2D eigenvalue weighted by Gasteiger charge is -1.95. The Bertz CT molecular complexity index is 305. The van der Waals surface area contributed by atoms with Crippen LogP contribution in [-0.2, 0) is 0 Å². The van der Waals surface area contributed by atoms with Gasteiger partial charge in [0.15, 0.2) is 5.56 Å². The number of nitrogens with zero attached hydrogens (tertiary/aromatic N) is 2. The first-order chi connectivity index (χ1) is 5.83. The van der Waals surface area contributed by atoms with Crippen LogP contribution in [-0.4, -0.2) is 17.7 Å². The molecule has 0 aromatic carbocycles. The van der Waals surface area contributed by atoms with Crippen LogP contribution in [0.1, 0.15) is 5.56 Å². The predicted molar refractivity (Wildman–Crippen MR) is 47.5 cm³/mol. The molecule has 6 heteroatoms. The second-order valence-electron chi connectivity index (χ2n) is 1.72. The Morgan fingerprint density at radius 2 is 2.42 bits per heavy atom. The van der Waals surface area contributed by atoms with Crippen molar-refractivity contribution in [3.63, 3.8) is 0 Å². The standard InChI is InChI=1S/C6H6N2O2S2/c1-9-5-4(3-7)6(10-11-2)12-8-5/h1-2H3. The van der Waals surface area contributed by atoms with Gasteiger partial charge in [-0.1, -0.05) is 0 Å². The molecule has 1 aromatic rings. The maximum absolute atomic E-state index is 8.69. The van der Waals surface area contributed by atoms with Crippen molar-refractivity contribution in [2.45, 2.75) is 0 Å². The third-order valence-electron chi connectivity index (χ3n) is 1.09. The van der Waals surface area contributed by atoms with E-state index in [2.05, 4.69) is 4.37 Å². The number of methoxy groups -OCH3 is 1. The summed E-state index contributed by atoms with van der Waals surface area (Å²) in [5, 5.41) is 9.18. The first-order valence-electron chi connectivity index (χ1n) is 2.98. The first kappa shape index (κ1) is 9.16. The highest BCUT2D eigenvalue weighted by atomic mass is 32.2. The summed E-state index contributed by atoms with van der Waals surface area (Å²) in [7, 11) is 1.47. The summed E-state index contributed by atoms with van der Waals surface area (Å²) in [5.41, 5.74) is 0.358. The minimum Gasteiger partial charge on any atom is -0.479 e. The molecule has 0 aliphatic heterocycles. The Kier molecular flexibility index (Phi) is 3.19. The normalized spacial score (nSPS) is 9.08. The molecule has 1 rings (SSSR count). The van der Waals surface area contributed by atoms with Crippen molar-refractivity contribution in [1.29, 1.82) is 5.26 Å². The molecule has 1 aromatic heterocycles. The zero-order valence-corrected chi connectivity index (χ0v) is 8.16. The average Bonchev–Trinajstić information content (AvgIpc) is 2.47.